The van der Waals surface area contributed by atoms with Crippen molar-refractivity contribution in [3.8, 4) is 0 Å². The number of hydrogen-bond acceptors (Lipinski definition) is 2. The molecular weight excluding hydrogens is 287 g/mol. The monoisotopic (exact) mass is 298 g/mol. The molecule has 0 aliphatic heterocycles. The summed E-state index contributed by atoms with van der Waals surface area (Å²) in [6.45, 7) is 0.599. The maximum atomic E-state index is 5.88. The maximum absolute atomic E-state index is 5.88. The zero-order valence-electron chi connectivity index (χ0n) is 7.54. The molecule has 0 aliphatic rings. The van der Waals surface area contributed by atoms with Gasteiger partial charge in [-0.1, -0.05) is 17.7 Å². The highest BCUT2D eigenvalue weighted by Crippen LogP contribution is 2.26. The first-order valence-electron chi connectivity index (χ1n) is 4.05. The second kappa shape index (κ2) is 6.64. The molecule has 1 rings (SSSR count). The molecule has 0 unspecified atom stereocenters. The smallest absolute Gasteiger partial charge is 0.0548 e. The van der Waals surface area contributed by atoms with E-state index >= 15 is 0 Å². The third-order valence-corrected chi connectivity index (χ3v) is 3.06. The minimum absolute atomic E-state index is 0. The van der Waals surface area contributed by atoms with Gasteiger partial charge in [-0.3, -0.25) is 0 Å². The average Bonchev–Trinajstić information content (AvgIpc) is 2.10. The van der Waals surface area contributed by atoms with Crippen LogP contribution < -0.4 is 11.5 Å². The van der Waals surface area contributed by atoms with Crippen LogP contribution in [0.15, 0.2) is 22.7 Å². The Morgan fingerprint density at radius 2 is 2.07 bits per heavy atom. The van der Waals surface area contributed by atoms with Crippen molar-refractivity contribution < 1.29 is 0 Å². The molecule has 0 bridgehead atoms. The zero-order valence-corrected chi connectivity index (χ0v) is 10.7. The van der Waals surface area contributed by atoms with E-state index in [4.69, 9.17) is 23.1 Å². The normalized spacial score (nSPS) is 12.0. The summed E-state index contributed by atoms with van der Waals surface area (Å²) in [5, 5.41) is 0.698. The lowest BCUT2D eigenvalue weighted by Crippen LogP contribution is -2.15. The van der Waals surface area contributed by atoms with Crippen LogP contribution in [0.1, 0.15) is 18.0 Å². The average molecular weight is 300 g/mol. The lowest BCUT2D eigenvalue weighted by molar-refractivity contribution is 0.661. The van der Waals surface area contributed by atoms with Gasteiger partial charge in [0, 0.05) is 10.5 Å². The van der Waals surface area contributed by atoms with Gasteiger partial charge in [-0.15, -0.1) is 12.4 Å². The highest BCUT2D eigenvalue weighted by atomic mass is 79.9. The Balaban J connectivity index is 0.00000169. The van der Waals surface area contributed by atoms with Crippen LogP contribution in [0.3, 0.4) is 0 Å². The van der Waals surface area contributed by atoms with Crippen molar-refractivity contribution in [2.75, 3.05) is 6.54 Å². The van der Waals surface area contributed by atoms with E-state index in [-0.39, 0.29) is 18.4 Å². The molecule has 0 saturated carbocycles. The molecule has 0 spiro atoms. The second-order valence-corrected chi connectivity index (χ2v) is 4.12. The van der Waals surface area contributed by atoms with E-state index in [9.17, 15) is 0 Å². The number of nitrogens with two attached hydrogens (primary N) is 2. The van der Waals surface area contributed by atoms with Gasteiger partial charge < -0.3 is 11.5 Å². The summed E-state index contributed by atoms with van der Waals surface area (Å²) in [5.74, 6) is 0. The van der Waals surface area contributed by atoms with Crippen LogP contribution in [-0.4, -0.2) is 6.54 Å². The lowest BCUT2D eigenvalue weighted by Gasteiger charge is -2.11. The predicted molar refractivity (Wildman–Crippen MR) is 67.0 cm³/mol. The van der Waals surface area contributed by atoms with E-state index in [1.807, 2.05) is 18.2 Å². The summed E-state index contributed by atoms with van der Waals surface area (Å²) in [5.41, 5.74) is 12.4. The molecule has 2 nitrogen and oxygen atoms in total. The largest absolute Gasteiger partial charge is 0.330 e. The molecule has 14 heavy (non-hydrogen) atoms. The van der Waals surface area contributed by atoms with E-state index in [1.165, 1.54) is 0 Å². The Hall–Kier alpha value is 0.200. The minimum atomic E-state index is -0.00133. The first kappa shape index (κ1) is 14.2. The van der Waals surface area contributed by atoms with Crippen molar-refractivity contribution in [3.05, 3.63) is 33.3 Å². The van der Waals surface area contributed by atoms with Crippen LogP contribution in [0.2, 0.25) is 5.02 Å². The van der Waals surface area contributed by atoms with Gasteiger partial charge in [-0.2, -0.15) is 0 Å². The van der Waals surface area contributed by atoms with Gasteiger partial charge >= 0.3 is 0 Å². The Morgan fingerprint density at radius 3 is 2.57 bits per heavy atom. The van der Waals surface area contributed by atoms with Gasteiger partial charge in [0.15, 0.2) is 0 Å². The molecule has 1 aromatic carbocycles. The van der Waals surface area contributed by atoms with Crippen LogP contribution >= 0.6 is 39.9 Å². The fraction of sp³-hybridized carbons (Fsp3) is 0.333. The van der Waals surface area contributed by atoms with Crippen LogP contribution in [0, 0.1) is 0 Å². The van der Waals surface area contributed by atoms with E-state index in [0.717, 1.165) is 16.5 Å². The highest BCUT2D eigenvalue weighted by molar-refractivity contribution is 9.10. The lowest BCUT2D eigenvalue weighted by atomic mass is 10.1. The third-order valence-electron chi connectivity index (χ3n) is 1.85. The molecule has 0 aromatic heterocycles. The molecule has 0 fully saturated rings. The number of halogens is 3. The van der Waals surface area contributed by atoms with E-state index in [2.05, 4.69) is 15.9 Å². The molecule has 0 radical (unpaired) electrons. The summed E-state index contributed by atoms with van der Waals surface area (Å²) in [6, 6.07) is 5.69. The molecular formula is C9H13BrCl2N2. The summed E-state index contributed by atoms with van der Waals surface area (Å²) >= 11 is 9.20. The predicted octanol–water partition coefficient (Wildman–Crippen LogP) is 2.87. The Kier molecular flexibility index (Phi) is 6.74. The Labute approximate surface area is 104 Å². The van der Waals surface area contributed by atoms with Crippen molar-refractivity contribution in [1.29, 1.82) is 0 Å². The molecule has 5 heteroatoms. The second-order valence-electron chi connectivity index (χ2n) is 2.86. The summed E-state index contributed by atoms with van der Waals surface area (Å²) in [4.78, 5) is 0. The van der Waals surface area contributed by atoms with E-state index in [1.54, 1.807) is 0 Å². The molecule has 0 amide bonds. The van der Waals surface area contributed by atoms with Gasteiger partial charge in [-0.05, 0) is 46.6 Å². The quantitative estimate of drug-likeness (QED) is 0.902. The van der Waals surface area contributed by atoms with E-state index in [0.29, 0.717) is 11.6 Å². The number of hydrogen-bond donors (Lipinski definition) is 2. The highest BCUT2D eigenvalue weighted by Gasteiger charge is 2.06. The molecule has 0 saturated heterocycles. The number of benzene rings is 1. The Bertz CT molecular complexity index is 294. The molecule has 1 atom stereocenters. The molecule has 1 aromatic rings. The fourth-order valence-electron chi connectivity index (χ4n) is 1.09. The first-order valence-corrected chi connectivity index (χ1v) is 5.23. The van der Waals surface area contributed by atoms with Crippen molar-refractivity contribution in [2.24, 2.45) is 11.5 Å². The summed E-state index contributed by atoms with van der Waals surface area (Å²) in [7, 11) is 0. The Morgan fingerprint density at radius 1 is 1.43 bits per heavy atom. The van der Waals surface area contributed by atoms with Crippen molar-refractivity contribution in [2.45, 2.75) is 12.5 Å². The summed E-state index contributed by atoms with van der Waals surface area (Å²) in [6.07, 6.45) is 0.786. The fourth-order valence-corrected chi connectivity index (χ4v) is 1.60. The zero-order chi connectivity index (χ0) is 9.84. The van der Waals surface area contributed by atoms with Crippen molar-refractivity contribution in [1.82, 2.24) is 0 Å². The minimum Gasteiger partial charge on any atom is -0.330 e. The number of rotatable bonds is 3. The molecule has 0 aliphatic carbocycles. The van der Waals surface area contributed by atoms with Crippen LogP contribution in [-0.2, 0) is 0 Å². The SMILES string of the molecule is Cl.NCC[C@H](N)c1ccc(Cl)c(Br)c1. The van der Waals surface area contributed by atoms with Crippen molar-refractivity contribution in [3.63, 3.8) is 0 Å². The van der Waals surface area contributed by atoms with Gasteiger partial charge in [-0.25, -0.2) is 0 Å². The molecule has 80 valence electrons. The van der Waals surface area contributed by atoms with Crippen LogP contribution in [0.25, 0.3) is 0 Å². The van der Waals surface area contributed by atoms with E-state index < -0.39 is 0 Å². The van der Waals surface area contributed by atoms with Gasteiger partial charge in [0.25, 0.3) is 0 Å². The molecule has 4 N–H and O–H groups in total. The standard InChI is InChI=1S/C9H12BrClN2.ClH/c10-7-5-6(1-2-8(7)11)9(13)3-4-12;/h1-2,5,9H,3-4,12-13H2;1H/t9-;/m0./s1. The molecule has 0 heterocycles. The maximum Gasteiger partial charge on any atom is 0.0548 e. The van der Waals surface area contributed by atoms with Crippen LogP contribution in [0.4, 0.5) is 0 Å². The summed E-state index contributed by atoms with van der Waals surface area (Å²) < 4.78 is 0.874. The van der Waals surface area contributed by atoms with Crippen LogP contribution in [0.5, 0.6) is 0 Å². The van der Waals surface area contributed by atoms with Gasteiger partial charge in [0.1, 0.15) is 0 Å². The third kappa shape index (κ3) is 3.75. The van der Waals surface area contributed by atoms with Gasteiger partial charge in [0.2, 0.25) is 0 Å². The van der Waals surface area contributed by atoms with Gasteiger partial charge in [0.05, 0.1) is 5.02 Å². The van der Waals surface area contributed by atoms with Crippen molar-refractivity contribution >= 4 is 39.9 Å². The topological polar surface area (TPSA) is 52.0 Å². The first-order chi connectivity index (χ1) is 6.15.